The monoisotopic (exact) mass is 408 g/mol. The summed E-state index contributed by atoms with van der Waals surface area (Å²) in [5, 5.41) is 40.6. The Morgan fingerprint density at radius 2 is 2.28 bits per heavy atom. The number of nitriles is 1. The smallest absolute Gasteiger partial charge is 0.323 e. The molecule has 160 valence electrons. The first kappa shape index (κ1) is 22.8. The average molecular weight is 408 g/mol. The van der Waals surface area contributed by atoms with Gasteiger partial charge in [-0.1, -0.05) is 26.8 Å². The van der Waals surface area contributed by atoms with Crippen molar-refractivity contribution in [2.24, 2.45) is 21.9 Å². The number of hydrogen-bond donors (Lipinski definition) is 6. The highest BCUT2D eigenvalue weighted by molar-refractivity contribution is 6.00. The Morgan fingerprint density at radius 1 is 1.62 bits per heavy atom. The third-order valence-electron chi connectivity index (χ3n) is 5.13. The number of amidine groups is 1. The van der Waals surface area contributed by atoms with Crippen LogP contribution in [0.2, 0.25) is 0 Å². The maximum absolute atomic E-state index is 12.1. The zero-order chi connectivity index (χ0) is 22.0. The van der Waals surface area contributed by atoms with Gasteiger partial charge >= 0.3 is 5.97 Å². The van der Waals surface area contributed by atoms with Gasteiger partial charge in [0.1, 0.15) is 49.2 Å². The van der Waals surface area contributed by atoms with Crippen LogP contribution in [0.1, 0.15) is 27.2 Å². The minimum Gasteiger partial charge on any atom is -0.462 e. The van der Waals surface area contributed by atoms with Crippen LogP contribution in [0.25, 0.3) is 0 Å². The van der Waals surface area contributed by atoms with E-state index < -0.39 is 47.4 Å². The molecule has 0 aromatic heterocycles. The fourth-order valence-corrected chi connectivity index (χ4v) is 3.19. The molecule has 8 N–H and O–H groups in total. The van der Waals surface area contributed by atoms with E-state index in [1.165, 1.54) is 0 Å². The molecule has 2 heterocycles. The van der Waals surface area contributed by atoms with Crippen LogP contribution in [-0.2, 0) is 14.3 Å². The Hall–Kier alpha value is -2.52. The summed E-state index contributed by atoms with van der Waals surface area (Å²) in [6, 6.07) is 0.321. The van der Waals surface area contributed by atoms with Crippen molar-refractivity contribution in [1.82, 2.24) is 5.32 Å². The summed E-state index contributed by atoms with van der Waals surface area (Å²) in [6.45, 7) is 4.99. The van der Waals surface area contributed by atoms with Crippen LogP contribution in [0, 0.1) is 22.2 Å². The van der Waals surface area contributed by atoms with Gasteiger partial charge in [0.05, 0.1) is 11.7 Å². The van der Waals surface area contributed by atoms with Crippen LogP contribution in [-0.4, -0.2) is 71.0 Å². The first-order valence-corrected chi connectivity index (χ1v) is 9.14. The minimum atomic E-state index is -1.80. The van der Waals surface area contributed by atoms with E-state index in [0.29, 0.717) is 5.70 Å². The number of carbonyl (C=O) groups excluding carboxylic acids is 1. The lowest BCUT2D eigenvalue weighted by Crippen LogP contribution is -2.55. The Balaban J connectivity index is 2.09. The molecule has 6 atom stereocenters. The number of nitrogens with zero attached hydrogens (tertiary/aromatic N) is 2. The van der Waals surface area contributed by atoms with Crippen LogP contribution in [0.4, 0.5) is 0 Å². The van der Waals surface area contributed by atoms with E-state index in [1.807, 2.05) is 6.07 Å². The number of carbonyl (C=O) groups is 1. The molecule has 11 heteroatoms. The Labute approximate surface area is 168 Å². The largest absolute Gasteiger partial charge is 0.462 e. The molecule has 0 aromatic carbocycles. The third-order valence-corrected chi connectivity index (χ3v) is 5.13. The van der Waals surface area contributed by atoms with Gasteiger partial charge in [0.2, 0.25) is 5.60 Å². The second kappa shape index (κ2) is 8.46. The molecule has 2 aliphatic heterocycles. The predicted molar refractivity (Wildman–Crippen MR) is 104 cm³/mol. The van der Waals surface area contributed by atoms with Gasteiger partial charge in [-0.25, -0.2) is 4.99 Å². The highest BCUT2D eigenvalue weighted by Crippen LogP contribution is 2.37. The molecular formula is C18H28N6O5. The van der Waals surface area contributed by atoms with Crippen molar-refractivity contribution in [2.75, 3.05) is 6.61 Å². The molecule has 0 aromatic rings. The maximum Gasteiger partial charge on any atom is 0.323 e. The molecular weight excluding hydrogens is 380 g/mol. The van der Waals surface area contributed by atoms with E-state index in [2.05, 4.69) is 10.3 Å². The maximum atomic E-state index is 12.1. The summed E-state index contributed by atoms with van der Waals surface area (Å²) in [6.07, 6.45) is -1.42. The lowest BCUT2D eigenvalue weighted by Gasteiger charge is -2.31. The summed E-state index contributed by atoms with van der Waals surface area (Å²) in [5.74, 6) is -0.624. The number of aliphatic imine (C=N–C) groups is 1. The highest BCUT2D eigenvalue weighted by Gasteiger charge is 2.60. The Morgan fingerprint density at radius 3 is 2.83 bits per heavy atom. The molecule has 2 rings (SSSR count). The lowest BCUT2D eigenvalue weighted by molar-refractivity contribution is -0.154. The van der Waals surface area contributed by atoms with Gasteiger partial charge in [0.15, 0.2) is 0 Å². The van der Waals surface area contributed by atoms with E-state index in [1.54, 1.807) is 26.8 Å². The van der Waals surface area contributed by atoms with Gasteiger partial charge in [0.25, 0.3) is 0 Å². The molecule has 0 spiro atoms. The Kier molecular flexibility index (Phi) is 6.64. The summed E-state index contributed by atoms with van der Waals surface area (Å²) in [5.41, 5.74) is 9.66. The van der Waals surface area contributed by atoms with Crippen molar-refractivity contribution in [3.05, 3.63) is 11.8 Å². The van der Waals surface area contributed by atoms with Crippen molar-refractivity contribution in [1.29, 1.82) is 10.7 Å². The van der Waals surface area contributed by atoms with Crippen LogP contribution in [0.3, 0.4) is 0 Å². The summed E-state index contributed by atoms with van der Waals surface area (Å²) in [7, 11) is 0. The fraction of sp³-hybridized carbons (Fsp3) is 0.667. The van der Waals surface area contributed by atoms with Crippen LogP contribution in [0.15, 0.2) is 16.8 Å². The molecule has 0 saturated carbocycles. The van der Waals surface area contributed by atoms with Gasteiger partial charge in [-0.05, 0) is 11.8 Å². The summed E-state index contributed by atoms with van der Waals surface area (Å²) in [4.78, 5) is 15.8. The molecule has 0 bridgehead atoms. The summed E-state index contributed by atoms with van der Waals surface area (Å²) >= 11 is 0. The average Bonchev–Trinajstić information content (AvgIpc) is 3.24. The number of ether oxygens (including phenoxy) is 2. The van der Waals surface area contributed by atoms with Gasteiger partial charge in [0, 0.05) is 0 Å². The minimum absolute atomic E-state index is 0.0465. The zero-order valence-corrected chi connectivity index (χ0v) is 16.6. The second-order valence-corrected chi connectivity index (χ2v) is 8.16. The van der Waals surface area contributed by atoms with Gasteiger partial charge < -0.3 is 36.5 Å². The molecule has 0 radical (unpaired) electrons. The van der Waals surface area contributed by atoms with Gasteiger partial charge in [-0.2, -0.15) is 5.26 Å². The molecule has 1 saturated heterocycles. The molecule has 1 unspecified atom stereocenters. The molecule has 11 nitrogen and oxygen atoms in total. The van der Waals surface area contributed by atoms with Crippen LogP contribution in [0.5, 0.6) is 0 Å². The van der Waals surface area contributed by atoms with Crippen molar-refractivity contribution in [2.45, 2.75) is 63.2 Å². The number of aliphatic hydroxyl groups excluding tert-OH is 2. The van der Waals surface area contributed by atoms with Crippen LogP contribution < -0.4 is 16.8 Å². The van der Waals surface area contributed by atoms with E-state index in [-0.39, 0.29) is 18.9 Å². The van der Waals surface area contributed by atoms with Crippen molar-refractivity contribution in [3.8, 4) is 6.07 Å². The first-order valence-electron chi connectivity index (χ1n) is 9.14. The zero-order valence-electron chi connectivity index (χ0n) is 16.6. The van der Waals surface area contributed by atoms with Crippen molar-refractivity contribution < 1.29 is 24.5 Å². The normalized spacial score (nSPS) is 33.4. The van der Waals surface area contributed by atoms with Gasteiger partial charge in [-0.3, -0.25) is 10.2 Å². The van der Waals surface area contributed by atoms with E-state index >= 15 is 0 Å². The first-order chi connectivity index (χ1) is 13.5. The number of nitrogens with two attached hydrogens (primary N) is 2. The highest BCUT2D eigenvalue weighted by atomic mass is 16.6. The molecule has 2 aliphatic rings. The quantitative estimate of drug-likeness (QED) is 0.172. The predicted octanol–water partition coefficient (Wildman–Crippen LogP) is -1.50. The topological polar surface area (TPSA) is 200 Å². The third kappa shape index (κ3) is 4.40. The standard InChI is InChI=1S/C18H28N6O5/c1-17(2,3)13(21)16(27)28-6-10-12(25)14(26)18(7-19,29-10)11-5-4-9(24-11)15(22)23-8-20/h4,8,10-14,24-26H,5-6,21H2,1-3H3,(H3,20,22,23)/t10-,11?,12-,13+,14-,18+/m1/s1. The number of hydrogen-bond acceptors (Lipinski definition) is 9. The van der Waals surface area contributed by atoms with E-state index in [0.717, 1.165) is 6.34 Å². The molecule has 0 amide bonds. The van der Waals surface area contributed by atoms with Crippen molar-refractivity contribution >= 4 is 18.1 Å². The van der Waals surface area contributed by atoms with E-state index in [9.17, 15) is 20.3 Å². The number of rotatable bonds is 6. The lowest BCUT2D eigenvalue weighted by atomic mass is 9.87. The fourth-order valence-electron chi connectivity index (χ4n) is 3.19. The number of nitrogens with one attached hydrogen (secondary N) is 2. The number of aliphatic hydroxyl groups is 2. The summed E-state index contributed by atoms with van der Waals surface area (Å²) < 4.78 is 10.9. The van der Waals surface area contributed by atoms with Crippen LogP contribution >= 0.6 is 0 Å². The van der Waals surface area contributed by atoms with E-state index in [4.69, 9.17) is 26.4 Å². The molecule has 29 heavy (non-hydrogen) atoms. The SMILES string of the molecule is CC(C)(C)[C@@H](N)C(=O)OC[C@H]1O[C@@](C#N)(C2CC=C(/C(N)=N\C=N)N2)[C@H](O)[C@@H]1O. The number of esters is 1. The molecule has 1 fully saturated rings. The molecule has 0 aliphatic carbocycles. The Bertz CT molecular complexity index is 755. The van der Waals surface area contributed by atoms with Gasteiger partial charge in [-0.15, -0.1) is 0 Å². The second-order valence-electron chi connectivity index (χ2n) is 8.16. The van der Waals surface area contributed by atoms with Crippen molar-refractivity contribution in [3.63, 3.8) is 0 Å².